The molecule has 3 aromatic rings. The van der Waals surface area contributed by atoms with Gasteiger partial charge in [0.15, 0.2) is 0 Å². The number of para-hydroxylation sites is 1. The molecule has 0 saturated carbocycles. The van der Waals surface area contributed by atoms with E-state index in [1.165, 1.54) is 5.56 Å². The van der Waals surface area contributed by atoms with Gasteiger partial charge >= 0.3 is 0 Å². The highest BCUT2D eigenvalue weighted by molar-refractivity contribution is 5.34. The summed E-state index contributed by atoms with van der Waals surface area (Å²) in [6.07, 6.45) is 4.09. The second-order valence-corrected chi connectivity index (χ2v) is 7.12. The standard InChI is InChI=1S/C19H25N5/c1-19(2,3)18-15(12-20-13-16-10-11-23(4)21-16)14-24(22-18)17-8-6-5-7-9-17/h5-11,14,20H,12-13H2,1-4H3. The maximum Gasteiger partial charge on any atom is 0.0762 e. The Balaban J connectivity index is 1.79. The number of aryl methyl sites for hydroxylation is 1. The van der Waals surface area contributed by atoms with Gasteiger partial charge in [-0.05, 0) is 18.2 Å². The van der Waals surface area contributed by atoms with Crippen molar-refractivity contribution in [2.75, 3.05) is 0 Å². The van der Waals surface area contributed by atoms with E-state index in [4.69, 9.17) is 5.10 Å². The normalized spacial score (nSPS) is 11.8. The largest absolute Gasteiger partial charge is 0.307 e. The lowest BCUT2D eigenvalue weighted by atomic mass is 9.89. The number of hydrogen-bond donors (Lipinski definition) is 1. The number of hydrogen-bond acceptors (Lipinski definition) is 3. The van der Waals surface area contributed by atoms with Crippen molar-refractivity contribution in [3.8, 4) is 5.69 Å². The first-order valence-electron chi connectivity index (χ1n) is 8.27. The van der Waals surface area contributed by atoms with E-state index in [0.717, 1.165) is 30.2 Å². The quantitative estimate of drug-likeness (QED) is 0.784. The van der Waals surface area contributed by atoms with Crippen LogP contribution in [0.15, 0.2) is 48.8 Å². The van der Waals surface area contributed by atoms with Crippen LogP contribution in [-0.2, 0) is 25.6 Å². The summed E-state index contributed by atoms with van der Waals surface area (Å²) in [6.45, 7) is 8.13. The Labute approximate surface area is 143 Å². The Morgan fingerprint density at radius 2 is 1.75 bits per heavy atom. The molecule has 0 atom stereocenters. The molecule has 0 aliphatic carbocycles. The average Bonchev–Trinajstić information content (AvgIpc) is 3.15. The second kappa shape index (κ2) is 6.61. The summed E-state index contributed by atoms with van der Waals surface area (Å²) < 4.78 is 3.80. The molecule has 0 amide bonds. The summed E-state index contributed by atoms with van der Waals surface area (Å²) in [5.41, 5.74) is 4.48. The van der Waals surface area contributed by atoms with Crippen LogP contribution < -0.4 is 5.32 Å². The average molecular weight is 323 g/mol. The molecule has 24 heavy (non-hydrogen) atoms. The Morgan fingerprint density at radius 3 is 2.38 bits per heavy atom. The lowest BCUT2D eigenvalue weighted by Crippen LogP contribution is -2.19. The van der Waals surface area contributed by atoms with Crippen molar-refractivity contribution in [1.29, 1.82) is 0 Å². The molecule has 0 radical (unpaired) electrons. The molecule has 126 valence electrons. The number of nitrogens with one attached hydrogen (secondary N) is 1. The molecule has 0 bridgehead atoms. The van der Waals surface area contributed by atoms with Gasteiger partial charge in [-0.1, -0.05) is 39.0 Å². The third kappa shape index (κ3) is 3.74. The van der Waals surface area contributed by atoms with Crippen molar-refractivity contribution in [1.82, 2.24) is 24.9 Å². The zero-order valence-corrected chi connectivity index (χ0v) is 14.8. The van der Waals surface area contributed by atoms with Gasteiger partial charge in [0.2, 0.25) is 0 Å². The summed E-state index contributed by atoms with van der Waals surface area (Å²) >= 11 is 0. The van der Waals surface area contributed by atoms with E-state index < -0.39 is 0 Å². The van der Waals surface area contributed by atoms with Gasteiger partial charge in [0.25, 0.3) is 0 Å². The van der Waals surface area contributed by atoms with Crippen LogP contribution in [0.5, 0.6) is 0 Å². The molecule has 0 aliphatic heterocycles. The van der Waals surface area contributed by atoms with Crippen LogP contribution in [-0.4, -0.2) is 19.6 Å². The third-order valence-electron chi connectivity index (χ3n) is 3.91. The molecule has 1 aromatic carbocycles. The number of aromatic nitrogens is 4. The van der Waals surface area contributed by atoms with Crippen molar-refractivity contribution in [2.24, 2.45) is 7.05 Å². The first-order valence-corrected chi connectivity index (χ1v) is 8.27. The molecular weight excluding hydrogens is 298 g/mol. The smallest absolute Gasteiger partial charge is 0.0762 e. The van der Waals surface area contributed by atoms with Gasteiger partial charge in [0.1, 0.15) is 0 Å². The van der Waals surface area contributed by atoms with Crippen molar-refractivity contribution < 1.29 is 0 Å². The Morgan fingerprint density at radius 1 is 1.00 bits per heavy atom. The van der Waals surface area contributed by atoms with E-state index in [-0.39, 0.29) is 5.41 Å². The van der Waals surface area contributed by atoms with Gasteiger partial charge in [-0.3, -0.25) is 4.68 Å². The molecule has 0 saturated heterocycles. The van der Waals surface area contributed by atoms with Crippen molar-refractivity contribution in [3.05, 3.63) is 65.7 Å². The van der Waals surface area contributed by atoms with Crippen LogP contribution in [0.1, 0.15) is 37.7 Å². The van der Waals surface area contributed by atoms with Gasteiger partial charge in [0, 0.05) is 43.5 Å². The molecule has 0 fully saturated rings. The topological polar surface area (TPSA) is 47.7 Å². The fraction of sp³-hybridized carbons (Fsp3) is 0.368. The summed E-state index contributed by atoms with van der Waals surface area (Å²) in [5, 5.41) is 12.7. The zero-order chi connectivity index (χ0) is 17.2. The monoisotopic (exact) mass is 323 g/mol. The van der Waals surface area contributed by atoms with E-state index in [1.807, 2.05) is 46.9 Å². The lowest BCUT2D eigenvalue weighted by Gasteiger charge is -2.17. The van der Waals surface area contributed by atoms with Crippen molar-refractivity contribution >= 4 is 0 Å². The molecule has 5 heteroatoms. The highest BCUT2D eigenvalue weighted by Gasteiger charge is 2.22. The highest BCUT2D eigenvalue weighted by Crippen LogP contribution is 2.25. The lowest BCUT2D eigenvalue weighted by molar-refractivity contribution is 0.548. The van der Waals surface area contributed by atoms with E-state index >= 15 is 0 Å². The minimum atomic E-state index is 0.00202. The van der Waals surface area contributed by atoms with Crippen LogP contribution in [0.25, 0.3) is 5.69 Å². The molecule has 0 unspecified atom stereocenters. The molecule has 2 heterocycles. The van der Waals surface area contributed by atoms with Gasteiger partial charge in [-0.2, -0.15) is 10.2 Å². The first kappa shape index (κ1) is 16.5. The molecule has 1 N–H and O–H groups in total. The van der Waals surface area contributed by atoms with Crippen molar-refractivity contribution in [2.45, 2.75) is 39.3 Å². The minimum absolute atomic E-state index is 0.00202. The van der Waals surface area contributed by atoms with Gasteiger partial charge in [-0.15, -0.1) is 0 Å². The summed E-state index contributed by atoms with van der Waals surface area (Å²) in [5.74, 6) is 0. The third-order valence-corrected chi connectivity index (χ3v) is 3.91. The SMILES string of the molecule is Cn1ccc(CNCc2cn(-c3ccccc3)nc2C(C)(C)C)n1. The molecule has 0 spiro atoms. The van der Waals surface area contributed by atoms with Crippen LogP contribution in [0.3, 0.4) is 0 Å². The highest BCUT2D eigenvalue weighted by atomic mass is 15.3. The molecule has 0 aliphatic rings. The van der Waals surface area contributed by atoms with E-state index in [0.29, 0.717) is 0 Å². The fourth-order valence-electron chi connectivity index (χ4n) is 2.77. The van der Waals surface area contributed by atoms with Crippen LogP contribution in [0.4, 0.5) is 0 Å². The summed E-state index contributed by atoms with van der Waals surface area (Å²) in [7, 11) is 1.94. The Kier molecular flexibility index (Phi) is 4.53. The predicted octanol–water partition coefficient (Wildman–Crippen LogP) is 3.19. The summed E-state index contributed by atoms with van der Waals surface area (Å²) in [6, 6.07) is 12.3. The molecular formula is C19H25N5. The molecule has 2 aromatic heterocycles. The Hall–Kier alpha value is -2.40. The number of rotatable bonds is 5. The number of benzene rings is 1. The zero-order valence-electron chi connectivity index (χ0n) is 14.8. The Bertz CT molecular complexity index is 793. The number of nitrogens with zero attached hydrogens (tertiary/aromatic N) is 4. The van der Waals surface area contributed by atoms with Gasteiger partial charge in [0.05, 0.1) is 17.1 Å². The van der Waals surface area contributed by atoms with Gasteiger partial charge in [-0.25, -0.2) is 4.68 Å². The van der Waals surface area contributed by atoms with Crippen LogP contribution >= 0.6 is 0 Å². The minimum Gasteiger partial charge on any atom is -0.307 e. The van der Waals surface area contributed by atoms with Gasteiger partial charge < -0.3 is 5.32 Å². The van der Waals surface area contributed by atoms with Crippen LogP contribution in [0.2, 0.25) is 0 Å². The maximum atomic E-state index is 4.84. The van der Waals surface area contributed by atoms with Crippen LogP contribution in [0, 0.1) is 0 Å². The fourth-order valence-corrected chi connectivity index (χ4v) is 2.77. The molecule has 3 rings (SSSR count). The van der Waals surface area contributed by atoms with E-state index in [1.54, 1.807) is 0 Å². The second-order valence-electron chi connectivity index (χ2n) is 7.12. The molecule has 5 nitrogen and oxygen atoms in total. The summed E-state index contributed by atoms with van der Waals surface area (Å²) in [4.78, 5) is 0. The van der Waals surface area contributed by atoms with E-state index in [9.17, 15) is 0 Å². The predicted molar refractivity (Wildman–Crippen MR) is 96.0 cm³/mol. The maximum absolute atomic E-state index is 4.84. The van der Waals surface area contributed by atoms with Crippen molar-refractivity contribution in [3.63, 3.8) is 0 Å². The first-order chi connectivity index (χ1) is 11.4. The van der Waals surface area contributed by atoms with E-state index in [2.05, 4.69) is 49.5 Å².